The number of carboxylic acid groups (broad SMARTS) is 1. The molecule has 3 rings (SSSR count). The van der Waals surface area contributed by atoms with Crippen LogP contribution in [0.25, 0.3) is 0 Å². The molecule has 1 saturated heterocycles. The van der Waals surface area contributed by atoms with Crippen LogP contribution in [-0.2, 0) is 4.79 Å². The summed E-state index contributed by atoms with van der Waals surface area (Å²) < 4.78 is 0. The summed E-state index contributed by atoms with van der Waals surface area (Å²) in [6.07, 6.45) is 6.61. The zero-order valence-electron chi connectivity index (χ0n) is 11.3. The Kier molecular flexibility index (Phi) is 3.35. The average Bonchev–Trinajstić information content (AvgIpc) is 2.90. The number of nitrogens with zero attached hydrogens (tertiary/aromatic N) is 1. The number of hydrogen-bond donors (Lipinski definition) is 1. The third-order valence-electron chi connectivity index (χ3n) is 5.46. The van der Waals surface area contributed by atoms with Gasteiger partial charge in [0.25, 0.3) is 0 Å². The molecular weight excluding hydrogens is 226 g/mol. The number of rotatable bonds is 3. The van der Waals surface area contributed by atoms with Gasteiger partial charge < -0.3 is 10.0 Å². The van der Waals surface area contributed by atoms with E-state index in [9.17, 15) is 9.90 Å². The molecule has 2 saturated carbocycles. The maximum absolute atomic E-state index is 11.2. The van der Waals surface area contributed by atoms with Crippen molar-refractivity contribution in [3.63, 3.8) is 0 Å². The van der Waals surface area contributed by atoms with Gasteiger partial charge in [0.2, 0.25) is 0 Å². The van der Waals surface area contributed by atoms with E-state index in [4.69, 9.17) is 0 Å². The molecule has 3 heteroatoms. The van der Waals surface area contributed by atoms with Crippen molar-refractivity contribution in [2.45, 2.75) is 39.0 Å². The van der Waals surface area contributed by atoms with Crippen LogP contribution in [0.2, 0.25) is 0 Å². The molecule has 2 bridgehead atoms. The summed E-state index contributed by atoms with van der Waals surface area (Å²) in [5.41, 5.74) is 0. The van der Waals surface area contributed by atoms with Crippen LogP contribution in [0.15, 0.2) is 0 Å². The minimum Gasteiger partial charge on any atom is -0.481 e. The molecule has 1 aliphatic heterocycles. The van der Waals surface area contributed by atoms with Crippen LogP contribution < -0.4 is 0 Å². The summed E-state index contributed by atoms with van der Waals surface area (Å²) in [6, 6.07) is 0. The Labute approximate surface area is 110 Å². The lowest BCUT2D eigenvalue weighted by atomic mass is 9.86. The van der Waals surface area contributed by atoms with Crippen molar-refractivity contribution in [1.29, 1.82) is 0 Å². The van der Waals surface area contributed by atoms with Gasteiger partial charge in [-0.1, -0.05) is 13.3 Å². The Morgan fingerprint density at radius 2 is 2.06 bits per heavy atom. The van der Waals surface area contributed by atoms with E-state index >= 15 is 0 Å². The first kappa shape index (κ1) is 12.5. The maximum atomic E-state index is 11.2. The number of carbonyl (C=O) groups is 1. The topological polar surface area (TPSA) is 40.5 Å². The van der Waals surface area contributed by atoms with Crippen LogP contribution in [0.4, 0.5) is 0 Å². The van der Waals surface area contributed by atoms with Gasteiger partial charge >= 0.3 is 5.97 Å². The molecule has 0 radical (unpaired) electrons. The zero-order valence-corrected chi connectivity index (χ0v) is 11.3. The Hall–Kier alpha value is -0.570. The first-order valence-electron chi connectivity index (χ1n) is 7.57. The van der Waals surface area contributed by atoms with Crippen molar-refractivity contribution >= 4 is 5.97 Å². The highest BCUT2D eigenvalue weighted by molar-refractivity contribution is 5.70. The van der Waals surface area contributed by atoms with Crippen LogP contribution in [-0.4, -0.2) is 35.6 Å². The summed E-state index contributed by atoms with van der Waals surface area (Å²) in [6.45, 7) is 5.25. The second-order valence-electron chi connectivity index (χ2n) is 7.03. The van der Waals surface area contributed by atoms with Crippen molar-refractivity contribution < 1.29 is 9.90 Å². The van der Waals surface area contributed by atoms with Gasteiger partial charge in [0.05, 0.1) is 5.92 Å². The van der Waals surface area contributed by atoms with E-state index in [1.54, 1.807) is 0 Å². The summed E-state index contributed by atoms with van der Waals surface area (Å²) in [5, 5.41) is 9.21. The molecule has 5 atom stereocenters. The van der Waals surface area contributed by atoms with Gasteiger partial charge in [-0.25, -0.2) is 0 Å². The van der Waals surface area contributed by atoms with Crippen LogP contribution in [0.3, 0.4) is 0 Å². The molecule has 0 aromatic rings. The van der Waals surface area contributed by atoms with E-state index in [1.807, 2.05) is 0 Å². The van der Waals surface area contributed by atoms with E-state index in [0.29, 0.717) is 5.92 Å². The lowest BCUT2D eigenvalue weighted by Gasteiger charge is -2.37. The molecule has 3 aliphatic rings. The largest absolute Gasteiger partial charge is 0.481 e. The van der Waals surface area contributed by atoms with Crippen molar-refractivity contribution in [3.8, 4) is 0 Å². The normalized spacial score (nSPS) is 44.4. The molecule has 1 heterocycles. The highest BCUT2D eigenvalue weighted by Gasteiger charge is 2.41. The van der Waals surface area contributed by atoms with E-state index < -0.39 is 5.97 Å². The minimum absolute atomic E-state index is 0.132. The lowest BCUT2D eigenvalue weighted by Crippen LogP contribution is -2.45. The fourth-order valence-corrected chi connectivity index (χ4v) is 4.72. The van der Waals surface area contributed by atoms with Crippen LogP contribution in [0.5, 0.6) is 0 Å². The second kappa shape index (κ2) is 4.84. The summed E-state index contributed by atoms with van der Waals surface area (Å²) >= 11 is 0. The van der Waals surface area contributed by atoms with Crippen LogP contribution in [0.1, 0.15) is 39.0 Å². The molecule has 102 valence electrons. The molecule has 1 N–H and O–H groups in total. The number of likely N-dealkylation sites (tertiary alicyclic amines) is 1. The lowest BCUT2D eigenvalue weighted by molar-refractivity contribution is -0.144. The third-order valence-corrected chi connectivity index (χ3v) is 5.46. The quantitative estimate of drug-likeness (QED) is 0.837. The van der Waals surface area contributed by atoms with Gasteiger partial charge in [0.15, 0.2) is 0 Å². The first-order chi connectivity index (χ1) is 8.61. The van der Waals surface area contributed by atoms with Crippen LogP contribution in [0, 0.1) is 29.6 Å². The molecule has 0 spiro atoms. The number of piperidine rings is 1. The minimum atomic E-state index is -0.598. The Bertz CT molecular complexity index is 330. The van der Waals surface area contributed by atoms with Crippen molar-refractivity contribution in [2.24, 2.45) is 29.6 Å². The van der Waals surface area contributed by atoms with Gasteiger partial charge in [-0.15, -0.1) is 0 Å². The van der Waals surface area contributed by atoms with Gasteiger partial charge in [-0.2, -0.15) is 0 Å². The third kappa shape index (κ3) is 2.42. The van der Waals surface area contributed by atoms with E-state index in [0.717, 1.165) is 43.8 Å². The predicted molar refractivity (Wildman–Crippen MR) is 70.3 cm³/mol. The fourth-order valence-electron chi connectivity index (χ4n) is 4.72. The van der Waals surface area contributed by atoms with Gasteiger partial charge in [-0.3, -0.25) is 4.79 Å². The van der Waals surface area contributed by atoms with Gasteiger partial charge in [-0.05, 0) is 49.4 Å². The molecule has 0 aromatic carbocycles. The SMILES string of the molecule is CC1CC(C(=O)O)CN(CC2CC3CCC2C3)C1. The number of aliphatic carboxylic acids is 1. The predicted octanol–water partition coefficient (Wildman–Crippen LogP) is 2.47. The number of carboxylic acids is 1. The molecule has 0 aromatic heterocycles. The summed E-state index contributed by atoms with van der Waals surface area (Å²) in [4.78, 5) is 13.6. The molecule has 3 nitrogen and oxygen atoms in total. The fraction of sp³-hybridized carbons (Fsp3) is 0.933. The van der Waals surface area contributed by atoms with Crippen molar-refractivity contribution in [1.82, 2.24) is 4.90 Å². The smallest absolute Gasteiger partial charge is 0.307 e. The number of fused-ring (bicyclic) bond motifs is 2. The molecule has 3 fully saturated rings. The highest BCUT2D eigenvalue weighted by Crippen LogP contribution is 2.48. The Morgan fingerprint density at radius 1 is 1.22 bits per heavy atom. The van der Waals surface area contributed by atoms with Gasteiger partial charge in [0.1, 0.15) is 0 Å². The first-order valence-corrected chi connectivity index (χ1v) is 7.57. The average molecular weight is 251 g/mol. The second-order valence-corrected chi connectivity index (χ2v) is 7.03. The highest BCUT2D eigenvalue weighted by atomic mass is 16.4. The molecular formula is C15H25NO2. The van der Waals surface area contributed by atoms with Crippen molar-refractivity contribution in [2.75, 3.05) is 19.6 Å². The van der Waals surface area contributed by atoms with Crippen LogP contribution >= 0.6 is 0 Å². The molecule has 18 heavy (non-hydrogen) atoms. The Morgan fingerprint density at radius 3 is 2.67 bits per heavy atom. The standard InChI is InChI=1S/C15H25NO2/c1-10-4-14(15(17)18)9-16(7-10)8-13-6-11-2-3-12(13)5-11/h10-14H,2-9H2,1H3,(H,17,18). The Balaban J connectivity index is 1.57. The van der Waals surface area contributed by atoms with Crippen molar-refractivity contribution in [3.05, 3.63) is 0 Å². The van der Waals surface area contributed by atoms with E-state index in [2.05, 4.69) is 11.8 Å². The molecule has 0 amide bonds. The number of hydrogen-bond acceptors (Lipinski definition) is 2. The van der Waals surface area contributed by atoms with E-state index in [-0.39, 0.29) is 5.92 Å². The summed E-state index contributed by atoms with van der Waals surface area (Å²) in [5.74, 6) is 2.63. The monoisotopic (exact) mass is 251 g/mol. The van der Waals surface area contributed by atoms with E-state index in [1.165, 1.54) is 25.7 Å². The zero-order chi connectivity index (χ0) is 12.7. The maximum Gasteiger partial charge on any atom is 0.307 e. The van der Waals surface area contributed by atoms with Gasteiger partial charge in [0, 0.05) is 19.6 Å². The molecule has 5 unspecified atom stereocenters. The summed E-state index contributed by atoms with van der Waals surface area (Å²) in [7, 11) is 0. The molecule has 2 aliphatic carbocycles.